The molecule has 0 amide bonds. The molecule has 0 N–H and O–H groups in total. The van der Waals surface area contributed by atoms with Gasteiger partial charge in [-0.2, -0.15) is 27.8 Å². The Labute approximate surface area is 172 Å². The third-order valence-corrected chi connectivity index (χ3v) is 5.73. The summed E-state index contributed by atoms with van der Waals surface area (Å²) in [7, 11) is 0. The van der Waals surface area contributed by atoms with E-state index in [1.54, 1.807) is 0 Å². The van der Waals surface area contributed by atoms with Crippen LogP contribution in [0.25, 0.3) is 4.85 Å². The highest BCUT2D eigenvalue weighted by atomic mass is 14.6. The lowest BCUT2D eigenvalue weighted by Gasteiger charge is -2.43. The smallest absolute Gasteiger partial charge is 0.184 e. The average Bonchev–Trinajstić information content (AvgIpc) is 2.80. The van der Waals surface area contributed by atoms with Crippen LogP contribution in [0.15, 0.2) is 72.8 Å². The first-order valence-corrected chi connectivity index (χ1v) is 9.84. The highest BCUT2D eigenvalue weighted by Crippen LogP contribution is 2.20. The molecule has 140 valence electrons. The third-order valence-electron chi connectivity index (χ3n) is 5.73. The van der Waals surface area contributed by atoms with E-state index in [4.69, 9.17) is 6.57 Å². The van der Waals surface area contributed by atoms with Crippen LogP contribution in [0.1, 0.15) is 30.9 Å². The van der Waals surface area contributed by atoms with E-state index in [0.29, 0.717) is 16.8 Å². The minimum atomic E-state index is -1.44. The highest BCUT2D eigenvalue weighted by Gasteiger charge is 2.30. The molecular weight excluding hydrogens is 353 g/mol. The highest BCUT2D eigenvalue weighted by molar-refractivity contribution is 7.11. The Morgan fingerprint density at radius 3 is 1.83 bits per heavy atom. The predicted octanol–water partition coefficient (Wildman–Crippen LogP) is 4.25. The lowest BCUT2D eigenvalue weighted by Crippen LogP contribution is -2.67. The second-order valence-corrected chi connectivity index (χ2v) is 7.37. The van der Waals surface area contributed by atoms with Crippen molar-refractivity contribution in [3.8, 4) is 12.1 Å². The number of nitriles is 2. The average molecular weight is 374 g/mol. The summed E-state index contributed by atoms with van der Waals surface area (Å²) in [6, 6.07) is 27.8. The number of hydrogen-bond acceptors (Lipinski definition) is 2. The molecule has 3 nitrogen and oxygen atoms in total. The third kappa shape index (κ3) is 3.91. The molecule has 0 saturated heterocycles. The fraction of sp³-hybridized carbons (Fsp3) is 0.160. The largest absolute Gasteiger partial charge is 0.238 e. The van der Waals surface area contributed by atoms with E-state index in [1.165, 1.54) is 0 Å². The Kier molecular flexibility index (Phi) is 6.14. The monoisotopic (exact) mass is 374 g/mol. The molecule has 3 rings (SSSR count). The van der Waals surface area contributed by atoms with Crippen molar-refractivity contribution in [2.45, 2.75) is 26.1 Å². The van der Waals surface area contributed by atoms with E-state index in [9.17, 15) is 10.5 Å². The molecule has 0 aliphatic rings. The summed E-state index contributed by atoms with van der Waals surface area (Å²) in [4.78, 5) is 3.64. The minimum absolute atomic E-state index is 0.595. The van der Waals surface area contributed by atoms with Crippen molar-refractivity contribution >= 4 is 28.2 Å². The first-order chi connectivity index (χ1) is 14.2. The molecule has 4 heteroatoms. The number of rotatable bonds is 6. The maximum Gasteiger partial charge on any atom is 0.184 e. The normalized spacial score (nSPS) is 10.6. The van der Waals surface area contributed by atoms with Gasteiger partial charge in [0.05, 0.1) is 24.9 Å². The summed E-state index contributed by atoms with van der Waals surface area (Å²) in [6.07, 6.45) is 1.46. The van der Waals surface area contributed by atoms with E-state index < -0.39 is 6.15 Å². The quantitative estimate of drug-likeness (QED) is 0.478. The van der Waals surface area contributed by atoms with Crippen LogP contribution < -0.4 is 16.4 Å². The first-order valence-electron chi connectivity index (χ1n) is 9.84. The molecular formula is C25H21BN3-. The fourth-order valence-electron chi connectivity index (χ4n) is 4.32. The standard InChI is InChI=1S/C25H21BN3/c1-3-4-14-26(22-10-5-8-20(15-22)18-27,23-11-6-9-21(16-23)19-28)24-12-7-13-25(17-24)29-2/h5-13,15-17H,3-4,14H2,1H3/q-1. The van der Waals surface area contributed by atoms with E-state index in [2.05, 4.69) is 42.1 Å². The molecule has 0 aromatic heterocycles. The predicted molar refractivity (Wildman–Crippen MR) is 119 cm³/mol. The van der Waals surface area contributed by atoms with Gasteiger partial charge in [0.2, 0.25) is 0 Å². The Morgan fingerprint density at radius 1 is 0.828 bits per heavy atom. The van der Waals surface area contributed by atoms with Crippen LogP contribution in [0, 0.1) is 29.2 Å². The second-order valence-electron chi connectivity index (χ2n) is 7.37. The Morgan fingerprint density at radius 2 is 1.34 bits per heavy atom. The summed E-state index contributed by atoms with van der Waals surface area (Å²) in [5.41, 5.74) is 5.02. The van der Waals surface area contributed by atoms with Crippen molar-refractivity contribution < 1.29 is 0 Å². The van der Waals surface area contributed by atoms with Crippen LogP contribution in [-0.2, 0) is 0 Å². The van der Waals surface area contributed by atoms with E-state index >= 15 is 0 Å². The number of benzene rings is 3. The molecule has 0 radical (unpaired) electrons. The topological polar surface area (TPSA) is 51.9 Å². The lowest BCUT2D eigenvalue weighted by atomic mass is 9.14. The van der Waals surface area contributed by atoms with Crippen molar-refractivity contribution in [1.29, 1.82) is 10.5 Å². The van der Waals surface area contributed by atoms with Crippen LogP contribution in [-0.4, -0.2) is 6.15 Å². The Balaban J connectivity index is 2.39. The van der Waals surface area contributed by atoms with Gasteiger partial charge in [-0.25, -0.2) is 10.3 Å². The van der Waals surface area contributed by atoms with Crippen molar-refractivity contribution in [2.24, 2.45) is 0 Å². The Hall–Kier alpha value is -3.81. The van der Waals surface area contributed by atoms with Gasteiger partial charge in [0.15, 0.2) is 5.69 Å². The van der Waals surface area contributed by atoms with Gasteiger partial charge in [-0.1, -0.05) is 80.4 Å². The number of unbranched alkanes of at least 4 members (excludes halogenated alkanes) is 1. The molecule has 0 saturated carbocycles. The molecule has 0 spiro atoms. The van der Waals surface area contributed by atoms with Gasteiger partial charge in [0.25, 0.3) is 0 Å². The van der Waals surface area contributed by atoms with Crippen molar-refractivity contribution in [3.63, 3.8) is 0 Å². The fourth-order valence-corrected chi connectivity index (χ4v) is 4.32. The molecule has 0 unspecified atom stereocenters. The van der Waals surface area contributed by atoms with Gasteiger partial charge in [-0.05, 0) is 12.1 Å². The van der Waals surface area contributed by atoms with Crippen LogP contribution in [0.4, 0.5) is 5.69 Å². The summed E-state index contributed by atoms with van der Waals surface area (Å²) >= 11 is 0. The van der Waals surface area contributed by atoms with Gasteiger partial charge in [-0.3, -0.25) is 0 Å². The van der Waals surface area contributed by atoms with E-state index in [0.717, 1.165) is 35.6 Å². The lowest BCUT2D eigenvalue weighted by molar-refractivity contribution is 0.874. The van der Waals surface area contributed by atoms with Crippen molar-refractivity contribution in [3.05, 3.63) is 95.3 Å². The molecule has 0 aliphatic heterocycles. The summed E-state index contributed by atoms with van der Waals surface area (Å²) in [5.74, 6) is 0. The van der Waals surface area contributed by atoms with Crippen LogP contribution in [0.5, 0.6) is 0 Å². The Bertz CT molecular complexity index is 1010. The molecule has 3 aromatic carbocycles. The molecule has 0 aliphatic carbocycles. The molecule has 0 fully saturated rings. The van der Waals surface area contributed by atoms with Crippen LogP contribution >= 0.6 is 0 Å². The maximum atomic E-state index is 9.48. The molecule has 0 atom stereocenters. The molecule has 29 heavy (non-hydrogen) atoms. The van der Waals surface area contributed by atoms with Gasteiger partial charge in [0.1, 0.15) is 0 Å². The molecule has 0 bridgehead atoms. The van der Waals surface area contributed by atoms with Crippen molar-refractivity contribution in [1.82, 2.24) is 0 Å². The first kappa shape index (κ1) is 19.9. The zero-order valence-electron chi connectivity index (χ0n) is 16.5. The SMILES string of the molecule is [C-]#[N+]c1cccc([B-](CCCC)(c2cccc(C#N)c2)c2cccc(C#N)c2)c1. The van der Waals surface area contributed by atoms with Crippen LogP contribution in [0.2, 0.25) is 6.32 Å². The zero-order chi connectivity index (χ0) is 20.7. The van der Waals surface area contributed by atoms with Crippen LogP contribution in [0.3, 0.4) is 0 Å². The van der Waals surface area contributed by atoms with Crippen molar-refractivity contribution in [2.75, 3.05) is 0 Å². The number of hydrogen-bond donors (Lipinski definition) is 0. The molecule has 3 aromatic rings. The number of nitrogens with zero attached hydrogens (tertiary/aromatic N) is 3. The zero-order valence-corrected chi connectivity index (χ0v) is 16.5. The van der Waals surface area contributed by atoms with E-state index in [1.807, 2.05) is 54.6 Å². The minimum Gasteiger partial charge on any atom is -0.238 e. The molecule has 0 heterocycles. The maximum absolute atomic E-state index is 9.48. The van der Waals surface area contributed by atoms with Gasteiger partial charge in [-0.15, -0.1) is 0 Å². The summed E-state index contributed by atoms with van der Waals surface area (Å²) in [5, 5.41) is 19.0. The summed E-state index contributed by atoms with van der Waals surface area (Å²) < 4.78 is 0. The van der Waals surface area contributed by atoms with E-state index in [-0.39, 0.29) is 0 Å². The van der Waals surface area contributed by atoms with Gasteiger partial charge >= 0.3 is 0 Å². The summed E-state index contributed by atoms with van der Waals surface area (Å²) in [6.45, 7) is 9.63. The van der Waals surface area contributed by atoms with Gasteiger partial charge < -0.3 is 0 Å². The second kappa shape index (κ2) is 8.92. The van der Waals surface area contributed by atoms with Gasteiger partial charge in [0, 0.05) is 11.1 Å².